The largest absolute Gasteiger partial charge is 0.487 e. The molecule has 0 spiro atoms. The highest BCUT2D eigenvalue weighted by molar-refractivity contribution is 7.16. The van der Waals surface area contributed by atoms with Gasteiger partial charge in [-0.3, -0.25) is 0 Å². The number of rotatable bonds is 3. The van der Waals surface area contributed by atoms with Gasteiger partial charge in [0.1, 0.15) is 23.0 Å². The normalized spacial score (nSPS) is 17.6. The Morgan fingerprint density at radius 3 is 2.86 bits per heavy atom. The molecule has 2 aromatic carbocycles. The first-order chi connectivity index (χ1) is 14.0. The fraction of sp³-hybridized carbons (Fsp3) is 0.261. The van der Waals surface area contributed by atoms with E-state index in [0.717, 1.165) is 50.9 Å². The minimum atomic E-state index is -0.242. The zero-order chi connectivity index (χ0) is 20.0. The Bertz CT molecular complexity index is 1200. The molecule has 29 heavy (non-hydrogen) atoms. The van der Waals surface area contributed by atoms with Crippen LogP contribution in [0.3, 0.4) is 0 Å². The van der Waals surface area contributed by atoms with Crippen LogP contribution in [0, 0.1) is 6.92 Å². The SMILES string of the molecule is Cc1nc(NC2CC(C)(C)Oc3ccccc32)cc(-c2ccc3ncsc3c2)n1. The third kappa shape index (κ3) is 3.56. The van der Waals surface area contributed by atoms with Crippen molar-refractivity contribution >= 4 is 27.4 Å². The monoisotopic (exact) mass is 402 g/mol. The van der Waals surface area contributed by atoms with Crippen molar-refractivity contribution in [1.82, 2.24) is 15.0 Å². The summed E-state index contributed by atoms with van der Waals surface area (Å²) >= 11 is 1.64. The smallest absolute Gasteiger partial charge is 0.130 e. The van der Waals surface area contributed by atoms with E-state index in [1.165, 1.54) is 0 Å². The van der Waals surface area contributed by atoms with Crippen molar-refractivity contribution in [2.75, 3.05) is 5.32 Å². The molecule has 1 unspecified atom stereocenters. The van der Waals surface area contributed by atoms with Gasteiger partial charge >= 0.3 is 0 Å². The minimum absolute atomic E-state index is 0.126. The second-order valence-corrected chi connectivity index (χ2v) is 8.91. The Morgan fingerprint density at radius 1 is 1.10 bits per heavy atom. The van der Waals surface area contributed by atoms with Crippen LogP contribution in [0.2, 0.25) is 0 Å². The van der Waals surface area contributed by atoms with Gasteiger partial charge in [-0.2, -0.15) is 0 Å². The minimum Gasteiger partial charge on any atom is -0.487 e. The van der Waals surface area contributed by atoms with E-state index in [-0.39, 0.29) is 11.6 Å². The number of fused-ring (bicyclic) bond motifs is 2. The summed E-state index contributed by atoms with van der Waals surface area (Å²) in [4.78, 5) is 13.7. The molecule has 3 heterocycles. The number of ether oxygens (including phenoxy) is 1. The van der Waals surface area contributed by atoms with E-state index in [2.05, 4.69) is 58.4 Å². The molecular formula is C23H22N4OS. The number of hydrogen-bond acceptors (Lipinski definition) is 6. The molecule has 6 heteroatoms. The Balaban J connectivity index is 1.51. The van der Waals surface area contributed by atoms with Crippen LogP contribution in [-0.2, 0) is 0 Å². The molecule has 1 aliphatic heterocycles. The Morgan fingerprint density at radius 2 is 1.97 bits per heavy atom. The molecule has 0 bridgehead atoms. The fourth-order valence-electron chi connectivity index (χ4n) is 3.91. The summed E-state index contributed by atoms with van der Waals surface area (Å²) in [6, 6.07) is 16.6. The van der Waals surface area contributed by atoms with E-state index in [9.17, 15) is 0 Å². The average Bonchev–Trinajstić information content (AvgIpc) is 3.14. The van der Waals surface area contributed by atoms with Crippen LogP contribution in [0.15, 0.2) is 54.0 Å². The van der Waals surface area contributed by atoms with Crippen LogP contribution < -0.4 is 10.1 Å². The topological polar surface area (TPSA) is 59.9 Å². The predicted molar refractivity (Wildman–Crippen MR) is 118 cm³/mol. The molecule has 4 aromatic rings. The molecule has 5 nitrogen and oxygen atoms in total. The standard InChI is InChI=1S/C23H22N4OS/c1-14-25-18(15-8-9-17-21(10-15)29-13-24-17)11-22(26-14)27-19-12-23(2,3)28-20-7-5-4-6-16(19)20/h4-11,13,19H,12H2,1-3H3,(H,25,26,27). The maximum atomic E-state index is 6.16. The van der Waals surface area contributed by atoms with Crippen molar-refractivity contribution in [2.24, 2.45) is 0 Å². The molecule has 0 saturated carbocycles. The van der Waals surface area contributed by atoms with Crippen molar-refractivity contribution < 1.29 is 4.74 Å². The molecule has 1 N–H and O–H groups in total. The van der Waals surface area contributed by atoms with Gasteiger partial charge in [-0.25, -0.2) is 15.0 Å². The van der Waals surface area contributed by atoms with Crippen molar-refractivity contribution in [1.29, 1.82) is 0 Å². The van der Waals surface area contributed by atoms with Gasteiger partial charge in [0.2, 0.25) is 0 Å². The highest BCUT2D eigenvalue weighted by Gasteiger charge is 2.33. The lowest BCUT2D eigenvalue weighted by Gasteiger charge is -2.38. The Labute approximate surface area is 173 Å². The average molecular weight is 403 g/mol. The van der Waals surface area contributed by atoms with Gasteiger partial charge in [0.05, 0.1) is 27.5 Å². The van der Waals surface area contributed by atoms with Crippen molar-refractivity contribution in [3.05, 3.63) is 65.4 Å². The summed E-state index contributed by atoms with van der Waals surface area (Å²) < 4.78 is 7.32. The lowest BCUT2D eigenvalue weighted by atomic mass is 9.89. The predicted octanol–water partition coefficient (Wildman–Crippen LogP) is 5.78. The quantitative estimate of drug-likeness (QED) is 0.471. The van der Waals surface area contributed by atoms with Gasteiger partial charge in [-0.15, -0.1) is 11.3 Å². The number of nitrogens with zero attached hydrogens (tertiary/aromatic N) is 3. The van der Waals surface area contributed by atoms with Gasteiger partial charge in [0.25, 0.3) is 0 Å². The van der Waals surface area contributed by atoms with Gasteiger partial charge in [-0.05, 0) is 39.0 Å². The summed E-state index contributed by atoms with van der Waals surface area (Å²) in [7, 11) is 0. The number of thiazole rings is 1. The zero-order valence-electron chi connectivity index (χ0n) is 16.6. The van der Waals surface area contributed by atoms with Crippen molar-refractivity contribution in [3.8, 4) is 17.0 Å². The molecule has 1 atom stereocenters. The maximum absolute atomic E-state index is 6.16. The molecule has 0 radical (unpaired) electrons. The first-order valence-corrected chi connectivity index (χ1v) is 10.6. The van der Waals surface area contributed by atoms with E-state index in [0.29, 0.717) is 0 Å². The second kappa shape index (κ2) is 6.81. The number of anilines is 1. The second-order valence-electron chi connectivity index (χ2n) is 8.02. The van der Waals surface area contributed by atoms with Gasteiger partial charge in [-0.1, -0.05) is 24.3 Å². The molecule has 1 aliphatic rings. The van der Waals surface area contributed by atoms with Crippen LogP contribution in [-0.4, -0.2) is 20.6 Å². The van der Waals surface area contributed by atoms with Crippen LogP contribution in [0.25, 0.3) is 21.5 Å². The van der Waals surface area contributed by atoms with Crippen LogP contribution in [0.4, 0.5) is 5.82 Å². The molecule has 5 rings (SSSR count). The van der Waals surface area contributed by atoms with E-state index in [1.54, 1.807) is 11.3 Å². The molecule has 0 amide bonds. The van der Waals surface area contributed by atoms with Gasteiger partial charge in [0.15, 0.2) is 0 Å². The number of aryl methyl sites for hydroxylation is 1. The van der Waals surface area contributed by atoms with Gasteiger partial charge in [0, 0.05) is 23.6 Å². The Hall–Kier alpha value is -2.99. The summed E-state index contributed by atoms with van der Waals surface area (Å²) in [6.07, 6.45) is 0.856. The molecule has 0 aliphatic carbocycles. The van der Waals surface area contributed by atoms with Crippen molar-refractivity contribution in [3.63, 3.8) is 0 Å². The summed E-state index contributed by atoms with van der Waals surface area (Å²) in [6.45, 7) is 6.18. The van der Waals surface area contributed by atoms with Crippen LogP contribution >= 0.6 is 11.3 Å². The molecule has 2 aromatic heterocycles. The zero-order valence-corrected chi connectivity index (χ0v) is 17.5. The highest BCUT2D eigenvalue weighted by Crippen LogP contribution is 2.41. The first-order valence-electron chi connectivity index (χ1n) is 9.71. The summed E-state index contributed by atoms with van der Waals surface area (Å²) in [5, 5.41) is 3.63. The summed E-state index contributed by atoms with van der Waals surface area (Å²) in [5.74, 6) is 2.51. The summed E-state index contributed by atoms with van der Waals surface area (Å²) in [5.41, 5.74) is 5.79. The first kappa shape index (κ1) is 18.1. The van der Waals surface area contributed by atoms with Crippen LogP contribution in [0.1, 0.15) is 37.7 Å². The fourth-order valence-corrected chi connectivity index (χ4v) is 4.63. The molecule has 0 fully saturated rings. The number of aromatic nitrogens is 3. The molecule has 146 valence electrons. The Kier molecular flexibility index (Phi) is 4.24. The van der Waals surface area contributed by atoms with Crippen LogP contribution in [0.5, 0.6) is 5.75 Å². The van der Waals surface area contributed by atoms with E-state index < -0.39 is 0 Å². The number of para-hydroxylation sites is 1. The van der Waals surface area contributed by atoms with E-state index in [1.807, 2.05) is 36.7 Å². The number of nitrogens with one attached hydrogen (secondary N) is 1. The lowest BCUT2D eigenvalue weighted by molar-refractivity contribution is 0.0758. The number of benzene rings is 2. The number of hydrogen-bond donors (Lipinski definition) is 1. The maximum Gasteiger partial charge on any atom is 0.130 e. The third-order valence-electron chi connectivity index (χ3n) is 5.16. The van der Waals surface area contributed by atoms with Gasteiger partial charge < -0.3 is 10.1 Å². The highest BCUT2D eigenvalue weighted by atomic mass is 32.1. The van der Waals surface area contributed by atoms with E-state index in [4.69, 9.17) is 4.74 Å². The molecule has 0 saturated heterocycles. The lowest BCUT2D eigenvalue weighted by Crippen LogP contribution is -2.37. The van der Waals surface area contributed by atoms with Crippen molar-refractivity contribution in [2.45, 2.75) is 38.8 Å². The third-order valence-corrected chi connectivity index (χ3v) is 5.96. The van der Waals surface area contributed by atoms with E-state index >= 15 is 0 Å². The molecular weight excluding hydrogens is 380 g/mol.